The Bertz CT molecular complexity index is 741. The molecule has 0 saturated carbocycles. The van der Waals surface area contributed by atoms with E-state index in [4.69, 9.17) is 0 Å². The second-order valence-electron chi connectivity index (χ2n) is 6.06. The van der Waals surface area contributed by atoms with Crippen molar-refractivity contribution in [3.63, 3.8) is 0 Å². The van der Waals surface area contributed by atoms with Crippen molar-refractivity contribution in [3.05, 3.63) is 53.9 Å². The summed E-state index contributed by atoms with van der Waals surface area (Å²) in [5.41, 5.74) is 3.01. The number of likely N-dealkylation sites (N-methyl/N-ethyl adjacent to an activating group) is 1. The number of aromatic nitrogens is 4. The molecule has 0 spiro atoms. The number of fused-ring (bicyclic) bond motifs is 1. The first kappa shape index (κ1) is 16.3. The summed E-state index contributed by atoms with van der Waals surface area (Å²) in [6.45, 7) is 4.97. The van der Waals surface area contributed by atoms with Gasteiger partial charge in [0.25, 0.3) is 0 Å². The first-order chi connectivity index (χ1) is 11.6. The molecule has 2 heterocycles. The van der Waals surface area contributed by atoms with Crippen LogP contribution in [0.2, 0.25) is 0 Å². The third kappa shape index (κ3) is 3.21. The minimum atomic E-state index is -0.965. The molecule has 0 amide bonds. The summed E-state index contributed by atoms with van der Waals surface area (Å²) < 4.78 is 1.77. The molecule has 0 bridgehead atoms. The second kappa shape index (κ2) is 6.92. The van der Waals surface area contributed by atoms with Crippen LogP contribution in [0.3, 0.4) is 0 Å². The lowest BCUT2D eigenvalue weighted by atomic mass is 9.90. The summed E-state index contributed by atoms with van der Waals surface area (Å²) in [6.07, 6.45) is 7.50. The summed E-state index contributed by atoms with van der Waals surface area (Å²) in [5.74, 6) is -0.965. The van der Waals surface area contributed by atoms with E-state index in [1.165, 1.54) is 0 Å². The topological polar surface area (TPSA) is 84.1 Å². The summed E-state index contributed by atoms with van der Waals surface area (Å²) in [7, 11) is 2.05. The number of nitrogens with zero attached hydrogens (tertiary/aromatic N) is 5. The molecule has 0 aromatic carbocycles. The minimum absolute atomic E-state index is 0.173. The van der Waals surface area contributed by atoms with Crippen LogP contribution in [0.15, 0.2) is 31.2 Å². The number of allylic oxidation sites excluding steroid dienone is 1. The van der Waals surface area contributed by atoms with Crippen molar-refractivity contribution in [2.45, 2.75) is 38.4 Å². The Morgan fingerprint density at radius 3 is 3.08 bits per heavy atom. The van der Waals surface area contributed by atoms with Crippen LogP contribution in [0.4, 0.5) is 0 Å². The number of carboxylic acids is 1. The predicted molar refractivity (Wildman–Crippen MR) is 88.7 cm³/mol. The van der Waals surface area contributed by atoms with Crippen LogP contribution in [0.1, 0.15) is 33.9 Å². The third-order valence-corrected chi connectivity index (χ3v) is 4.50. The number of carbonyl (C=O) groups is 1. The number of aromatic carboxylic acids is 1. The van der Waals surface area contributed by atoms with Crippen molar-refractivity contribution in [1.82, 2.24) is 24.6 Å². The lowest BCUT2D eigenvalue weighted by molar-refractivity contribution is 0.0687. The number of rotatable bonds is 6. The fraction of sp³-hybridized carbons (Fsp3) is 0.412. The van der Waals surface area contributed by atoms with E-state index in [2.05, 4.69) is 26.5 Å². The van der Waals surface area contributed by atoms with Crippen LogP contribution < -0.4 is 0 Å². The van der Waals surface area contributed by atoms with E-state index in [1.54, 1.807) is 23.3 Å². The van der Waals surface area contributed by atoms with Gasteiger partial charge < -0.3 is 5.11 Å². The molecule has 24 heavy (non-hydrogen) atoms. The van der Waals surface area contributed by atoms with E-state index in [0.717, 1.165) is 29.8 Å². The molecule has 0 fully saturated rings. The Hall–Kier alpha value is -2.54. The fourth-order valence-corrected chi connectivity index (χ4v) is 3.29. The van der Waals surface area contributed by atoms with Gasteiger partial charge in [-0.25, -0.2) is 14.8 Å². The number of hydrogen-bond acceptors (Lipinski definition) is 5. The van der Waals surface area contributed by atoms with E-state index >= 15 is 0 Å². The van der Waals surface area contributed by atoms with E-state index in [0.29, 0.717) is 19.5 Å². The highest BCUT2D eigenvalue weighted by Gasteiger charge is 2.30. The number of hydrogen-bond donors (Lipinski definition) is 1. The van der Waals surface area contributed by atoms with Crippen LogP contribution in [-0.2, 0) is 25.9 Å². The normalized spacial score (nSPS) is 16.8. The van der Waals surface area contributed by atoms with Crippen LogP contribution >= 0.6 is 0 Å². The molecule has 0 radical (unpaired) electrons. The molecular formula is C17H21N5O2. The van der Waals surface area contributed by atoms with Gasteiger partial charge in [0, 0.05) is 30.0 Å². The zero-order chi connectivity index (χ0) is 17.1. The molecule has 1 aliphatic carbocycles. The zero-order valence-electron chi connectivity index (χ0n) is 13.7. The summed E-state index contributed by atoms with van der Waals surface area (Å²) in [5, 5.41) is 13.7. The molecule has 126 valence electrons. The maximum atomic E-state index is 11.5. The van der Waals surface area contributed by atoms with Crippen molar-refractivity contribution in [1.29, 1.82) is 0 Å². The Labute approximate surface area is 140 Å². The molecule has 7 nitrogen and oxygen atoms in total. The molecule has 0 saturated heterocycles. The van der Waals surface area contributed by atoms with Crippen LogP contribution in [0.5, 0.6) is 0 Å². The molecule has 2 aromatic rings. The first-order valence-electron chi connectivity index (χ1n) is 7.98. The quantitative estimate of drug-likeness (QED) is 0.810. The van der Waals surface area contributed by atoms with Crippen LogP contribution in [0, 0.1) is 0 Å². The van der Waals surface area contributed by atoms with Crippen molar-refractivity contribution in [2.24, 2.45) is 0 Å². The van der Waals surface area contributed by atoms with Gasteiger partial charge in [0.15, 0.2) is 5.69 Å². The molecule has 3 rings (SSSR count). The zero-order valence-corrected chi connectivity index (χ0v) is 13.7. The van der Waals surface area contributed by atoms with Gasteiger partial charge in [-0.05, 0) is 32.4 Å². The standard InChI is InChI=1S/C17H21N5O2/c1-3-8-22-15-5-4-13(9-14(15)16(20-22)17(23)24)21(2)10-12-6-7-18-11-19-12/h3,6-7,11,13H,1,4-5,8-10H2,2H3,(H,23,24)/t13-/m0/s1. The molecule has 0 aliphatic heterocycles. The molecular weight excluding hydrogens is 306 g/mol. The average molecular weight is 327 g/mol. The molecule has 1 atom stereocenters. The highest BCUT2D eigenvalue weighted by molar-refractivity contribution is 5.87. The van der Waals surface area contributed by atoms with E-state index < -0.39 is 5.97 Å². The largest absolute Gasteiger partial charge is 0.476 e. The maximum absolute atomic E-state index is 11.5. The first-order valence-corrected chi connectivity index (χ1v) is 7.98. The molecule has 1 N–H and O–H groups in total. The number of carboxylic acid groups (broad SMARTS) is 1. The SMILES string of the molecule is C=CCn1nc(C(=O)O)c2c1CC[C@H](N(C)Cc1ccncn1)C2. The van der Waals surface area contributed by atoms with Gasteiger partial charge in [-0.1, -0.05) is 6.08 Å². The Morgan fingerprint density at radius 2 is 2.42 bits per heavy atom. The van der Waals surface area contributed by atoms with E-state index in [1.807, 2.05) is 13.1 Å². The van der Waals surface area contributed by atoms with Gasteiger partial charge in [-0.3, -0.25) is 9.58 Å². The van der Waals surface area contributed by atoms with Gasteiger partial charge in [-0.15, -0.1) is 6.58 Å². The van der Waals surface area contributed by atoms with Crippen LogP contribution in [-0.4, -0.2) is 48.8 Å². The molecule has 1 aliphatic rings. The van der Waals surface area contributed by atoms with Crippen molar-refractivity contribution >= 4 is 5.97 Å². The lowest BCUT2D eigenvalue weighted by Crippen LogP contribution is -2.36. The highest BCUT2D eigenvalue weighted by Crippen LogP contribution is 2.27. The van der Waals surface area contributed by atoms with Crippen LogP contribution in [0.25, 0.3) is 0 Å². The Morgan fingerprint density at radius 1 is 1.58 bits per heavy atom. The average Bonchev–Trinajstić information content (AvgIpc) is 2.94. The van der Waals surface area contributed by atoms with Gasteiger partial charge in [0.1, 0.15) is 6.33 Å². The summed E-state index contributed by atoms with van der Waals surface area (Å²) in [6, 6.07) is 2.17. The summed E-state index contributed by atoms with van der Waals surface area (Å²) in [4.78, 5) is 21.9. The third-order valence-electron chi connectivity index (χ3n) is 4.50. The molecule has 7 heteroatoms. The summed E-state index contributed by atoms with van der Waals surface area (Å²) >= 11 is 0. The monoisotopic (exact) mass is 327 g/mol. The van der Waals surface area contributed by atoms with Crippen molar-refractivity contribution in [3.8, 4) is 0 Å². The van der Waals surface area contributed by atoms with E-state index in [-0.39, 0.29) is 11.7 Å². The Kier molecular flexibility index (Phi) is 4.71. The maximum Gasteiger partial charge on any atom is 0.356 e. The molecule has 0 unspecified atom stereocenters. The van der Waals surface area contributed by atoms with Gasteiger partial charge >= 0.3 is 5.97 Å². The minimum Gasteiger partial charge on any atom is -0.476 e. The van der Waals surface area contributed by atoms with E-state index in [9.17, 15) is 9.90 Å². The highest BCUT2D eigenvalue weighted by atomic mass is 16.4. The van der Waals surface area contributed by atoms with Crippen molar-refractivity contribution < 1.29 is 9.90 Å². The van der Waals surface area contributed by atoms with Gasteiger partial charge in [-0.2, -0.15) is 5.10 Å². The fourth-order valence-electron chi connectivity index (χ4n) is 3.29. The van der Waals surface area contributed by atoms with Gasteiger partial charge in [0.2, 0.25) is 0 Å². The smallest absolute Gasteiger partial charge is 0.356 e. The molecule has 2 aromatic heterocycles. The second-order valence-corrected chi connectivity index (χ2v) is 6.06. The van der Waals surface area contributed by atoms with Crippen molar-refractivity contribution in [2.75, 3.05) is 7.05 Å². The lowest BCUT2D eigenvalue weighted by Gasteiger charge is -2.31. The Balaban J connectivity index is 1.80. The predicted octanol–water partition coefficient (Wildman–Crippen LogP) is 1.55. The van der Waals surface area contributed by atoms with Gasteiger partial charge in [0.05, 0.1) is 12.2 Å².